The smallest absolute Gasteiger partial charge is 0.292 e. The molecule has 7 nitrogen and oxygen atoms in total. The highest BCUT2D eigenvalue weighted by atomic mass is 16.5. The summed E-state index contributed by atoms with van der Waals surface area (Å²) >= 11 is 0. The van der Waals surface area contributed by atoms with Gasteiger partial charge in [0.2, 0.25) is 0 Å². The molecule has 3 aromatic carbocycles. The summed E-state index contributed by atoms with van der Waals surface area (Å²) in [5.74, 6) is 1.47. The van der Waals surface area contributed by atoms with E-state index in [9.17, 15) is 9.90 Å². The van der Waals surface area contributed by atoms with Crippen molar-refractivity contribution < 1.29 is 19.1 Å². The molecule has 1 amide bonds. The molecule has 2 aromatic heterocycles. The molecule has 0 aliphatic heterocycles. The molecular weight excluding hydrogens is 382 g/mol. The molecule has 0 aliphatic rings. The normalized spacial score (nSPS) is 11.1. The first-order valence-electron chi connectivity index (χ1n) is 9.34. The zero-order valence-electron chi connectivity index (χ0n) is 15.8. The van der Waals surface area contributed by atoms with Crippen LogP contribution in [-0.2, 0) is 6.61 Å². The lowest BCUT2D eigenvalue weighted by Crippen LogP contribution is -2.11. The van der Waals surface area contributed by atoms with E-state index in [0.29, 0.717) is 22.5 Å². The van der Waals surface area contributed by atoms with Crippen LogP contribution in [0.5, 0.6) is 11.5 Å². The Bertz CT molecular complexity index is 1370. The van der Waals surface area contributed by atoms with Crippen molar-refractivity contribution in [1.82, 2.24) is 10.2 Å². The lowest BCUT2D eigenvalue weighted by atomic mass is 10.1. The number of ether oxygens (including phenoxy) is 1. The number of phenolic OH excluding ortho intramolecular Hbond substituents is 1. The fraction of sp³-hybridized carbons (Fsp3) is 0.0435. The number of rotatable bonds is 5. The van der Waals surface area contributed by atoms with E-state index in [-0.39, 0.29) is 18.1 Å². The number of amides is 1. The number of H-pyrrole nitrogens is 1. The zero-order chi connectivity index (χ0) is 20.5. The topological polar surface area (TPSA) is 100 Å². The number of benzene rings is 3. The maximum absolute atomic E-state index is 12.5. The van der Waals surface area contributed by atoms with Gasteiger partial charge in [-0.2, -0.15) is 5.10 Å². The maximum Gasteiger partial charge on any atom is 0.292 e. The van der Waals surface area contributed by atoms with Crippen LogP contribution in [0.4, 0.5) is 5.82 Å². The van der Waals surface area contributed by atoms with Crippen molar-refractivity contribution in [3.63, 3.8) is 0 Å². The first-order valence-corrected chi connectivity index (χ1v) is 9.34. The van der Waals surface area contributed by atoms with Crippen molar-refractivity contribution in [2.45, 2.75) is 6.61 Å². The zero-order valence-corrected chi connectivity index (χ0v) is 15.8. The maximum atomic E-state index is 12.5. The molecule has 0 fully saturated rings. The number of anilines is 1. The number of hydrogen-bond donors (Lipinski definition) is 3. The monoisotopic (exact) mass is 399 g/mol. The third-order valence-corrected chi connectivity index (χ3v) is 4.77. The van der Waals surface area contributed by atoms with E-state index in [4.69, 9.17) is 9.15 Å². The van der Waals surface area contributed by atoms with Crippen molar-refractivity contribution in [1.29, 1.82) is 0 Å². The molecule has 0 atom stereocenters. The summed E-state index contributed by atoms with van der Waals surface area (Å²) in [6, 6.07) is 21.9. The third-order valence-electron chi connectivity index (χ3n) is 4.77. The SMILES string of the molecule is O=C(Nc1n[nH]c2cc(O)ccc12)c1ccc(COc2ccc3ccccc3c2)o1. The van der Waals surface area contributed by atoms with Gasteiger partial charge in [-0.1, -0.05) is 30.3 Å². The summed E-state index contributed by atoms with van der Waals surface area (Å²) in [6.45, 7) is 0.205. The van der Waals surface area contributed by atoms with E-state index in [2.05, 4.69) is 15.5 Å². The number of aromatic hydroxyl groups is 1. The Kier molecular flexibility index (Phi) is 4.33. The van der Waals surface area contributed by atoms with E-state index in [0.717, 1.165) is 16.5 Å². The highest BCUT2D eigenvalue weighted by Gasteiger charge is 2.15. The van der Waals surface area contributed by atoms with Crippen LogP contribution in [0, 0.1) is 0 Å². The van der Waals surface area contributed by atoms with Crippen LogP contribution in [0.2, 0.25) is 0 Å². The van der Waals surface area contributed by atoms with Gasteiger partial charge in [-0.15, -0.1) is 0 Å². The summed E-state index contributed by atoms with van der Waals surface area (Å²) < 4.78 is 11.4. The van der Waals surface area contributed by atoms with E-state index in [1.807, 2.05) is 42.5 Å². The Balaban J connectivity index is 1.26. The van der Waals surface area contributed by atoms with E-state index in [1.165, 1.54) is 12.1 Å². The molecular formula is C23H17N3O4. The number of carbonyl (C=O) groups excluding carboxylic acids is 1. The third kappa shape index (κ3) is 3.44. The van der Waals surface area contributed by atoms with Gasteiger partial charge in [0, 0.05) is 11.5 Å². The number of aromatic amines is 1. The van der Waals surface area contributed by atoms with E-state index in [1.54, 1.807) is 18.2 Å². The van der Waals surface area contributed by atoms with Crippen LogP contribution >= 0.6 is 0 Å². The number of aromatic nitrogens is 2. The average molecular weight is 399 g/mol. The van der Waals surface area contributed by atoms with Gasteiger partial charge >= 0.3 is 0 Å². The second kappa shape index (κ2) is 7.29. The molecule has 0 bridgehead atoms. The first-order chi connectivity index (χ1) is 14.7. The molecule has 3 N–H and O–H groups in total. The standard InChI is InChI=1S/C23H17N3O4/c27-16-6-9-19-20(12-16)25-26-22(19)24-23(28)21-10-8-18(30-21)13-29-17-7-5-14-3-1-2-4-15(14)11-17/h1-12,27H,13H2,(H2,24,25,26,28). The van der Waals surface area contributed by atoms with Crippen LogP contribution in [0.3, 0.4) is 0 Å². The predicted molar refractivity (Wildman–Crippen MR) is 113 cm³/mol. The number of hydrogen-bond acceptors (Lipinski definition) is 5. The fourth-order valence-electron chi connectivity index (χ4n) is 3.26. The summed E-state index contributed by atoms with van der Waals surface area (Å²) in [6.07, 6.45) is 0. The van der Waals surface area contributed by atoms with E-state index >= 15 is 0 Å². The van der Waals surface area contributed by atoms with Gasteiger partial charge in [0.25, 0.3) is 5.91 Å². The average Bonchev–Trinajstić information content (AvgIpc) is 3.39. The van der Waals surface area contributed by atoms with Crippen molar-refractivity contribution in [2.24, 2.45) is 0 Å². The molecule has 5 aromatic rings. The molecule has 0 spiro atoms. The Morgan fingerprint density at radius 2 is 1.90 bits per heavy atom. The van der Waals surface area contributed by atoms with Crippen LogP contribution in [-0.4, -0.2) is 21.2 Å². The predicted octanol–water partition coefficient (Wildman–Crippen LogP) is 4.85. The van der Waals surface area contributed by atoms with Crippen LogP contribution in [0.1, 0.15) is 16.3 Å². The van der Waals surface area contributed by atoms with Gasteiger partial charge in [0.05, 0.1) is 5.52 Å². The van der Waals surface area contributed by atoms with Crippen molar-refractivity contribution in [3.8, 4) is 11.5 Å². The molecule has 148 valence electrons. The number of nitrogens with zero attached hydrogens (tertiary/aromatic N) is 1. The molecule has 7 heteroatoms. The highest BCUT2D eigenvalue weighted by Crippen LogP contribution is 2.25. The minimum absolute atomic E-state index is 0.117. The van der Waals surface area contributed by atoms with Gasteiger partial charge in [-0.05, 0) is 47.2 Å². The number of furan rings is 1. The second-order valence-electron chi connectivity index (χ2n) is 6.82. The Hall–Kier alpha value is -4.26. The number of phenols is 1. The summed E-state index contributed by atoms with van der Waals surface area (Å²) in [4.78, 5) is 12.5. The molecule has 2 heterocycles. The highest BCUT2D eigenvalue weighted by molar-refractivity contribution is 6.06. The molecule has 0 saturated carbocycles. The Morgan fingerprint density at radius 3 is 2.80 bits per heavy atom. The summed E-state index contributed by atoms with van der Waals surface area (Å²) in [7, 11) is 0. The molecule has 0 radical (unpaired) electrons. The van der Waals surface area contributed by atoms with Gasteiger partial charge in [-0.3, -0.25) is 9.89 Å². The minimum Gasteiger partial charge on any atom is -0.508 e. The van der Waals surface area contributed by atoms with Crippen molar-refractivity contribution >= 4 is 33.4 Å². The lowest BCUT2D eigenvalue weighted by molar-refractivity contribution is 0.0992. The largest absolute Gasteiger partial charge is 0.508 e. The minimum atomic E-state index is -0.423. The number of fused-ring (bicyclic) bond motifs is 2. The molecule has 0 unspecified atom stereocenters. The number of nitrogens with one attached hydrogen (secondary N) is 2. The van der Waals surface area contributed by atoms with Gasteiger partial charge in [0.15, 0.2) is 11.6 Å². The van der Waals surface area contributed by atoms with Gasteiger partial charge in [0.1, 0.15) is 23.9 Å². The Morgan fingerprint density at radius 1 is 1.03 bits per heavy atom. The Labute approximate surface area is 170 Å². The van der Waals surface area contributed by atoms with Crippen LogP contribution in [0.15, 0.2) is 77.2 Å². The summed E-state index contributed by atoms with van der Waals surface area (Å²) in [5.41, 5.74) is 0.620. The first kappa shape index (κ1) is 17.8. The molecule has 0 aliphatic carbocycles. The second-order valence-corrected chi connectivity index (χ2v) is 6.82. The van der Waals surface area contributed by atoms with Crippen LogP contribution in [0.25, 0.3) is 21.7 Å². The van der Waals surface area contributed by atoms with E-state index < -0.39 is 5.91 Å². The quantitative estimate of drug-likeness (QED) is 0.392. The van der Waals surface area contributed by atoms with Crippen molar-refractivity contribution in [2.75, 3.05) is 5.32 Å². The molecule has 5 rings (SSSR count). The van der Waals surface area contributed by atoms with Crippen molar-refractivity contribution in [3.05, 3.63) is 84.3 Å². The number of carbonyl (C=O) groups is 1. The van der Waals surface area contributed by atoms with Gasteiger partial charge < -0.3 is 19.6 Å². The lowest BCUT2D eigenvalue weighted by Gasteiger charge is -2.06. The molecule has 0 saturated heterocycles. The fourth-order valence-corrected chi connectivity index (χ4v) is 3.26. The van der Waals surface area contributed by atoms with Gasteiger partial charge in [-0.25, -0.2) is 0 Å². The molecule has 30 heavy (non-hydrogen) atoms. The summed E-state index contributed by atoms with van der Waals surface area (Å²) in [5, 5.41) is 22.0. The van der Waals surface area contributed by atoms with Crippen LogP contribution < -0.4 is 10.1 Å².